The molecule has 1 rings (SSSR count). The fourth-order valence-corrected chi connectivity index (χ4v) is 1.05. The highest BCUT2D eigenvalue weighted by atomic mass is 19.4. The summed E-state index contributed by atoms with van der Waals surface area (Å²) in [5.41, 5.74) is 0.276. The van der Waals surface area contributed by atoms with Crippen LogP contribution in [0.4, 0.5) is 21.7 Å². The molecule has 0 aliphatic carbocycles. The van der Waals surface area contributed by atoms with Crippen molar-refractivity contribution in [2.75, 3.05) is 0 Å². The second kappa shape index (κ2) is 4.04. The van der Waals surface area contributed by atoms with Crippen LogP contribution in [0.2, 0.25) is 0 Å². The van der Waals surface area contributed by atoms with Crippen molar-refractivity contribution in [2.24, 2.45) is 0 Å². The van der Waals surface area contributed by atoms with Crippen LogP contribution in [0.5, 0.6) is 0 Å². The maximum atomic E-state index is 12.7. The minimum absolute atomic E-state index is 0.0214. The molecule has 1 aromatic carbocycles. The van der Waals surface area contributed by atoms with Crippen LogP contribution in [0.1, 0.15) is 11.1 Å². The lowest BCUT2D eigenvalue weighted by Crippen LogP contribution is -2.09. The number of hydrogen-bond acceptors (Lipinski definition) is 0. The van der Waals surface area contributed by atoms with E-state index in [0.717, 1.165) is 18.2 Å². The van der Waals surface area contributed by atoms with Gasteiger partial charge in [0.05, 0.1) is 0 Å². The van der Waals surface area contributed by atoms with Crippen molar-refractivity contribution in [3.05, 3.63) is 40.9 Å². The van der Waals surface area contributed by atoms with Crippen molar-refractivity contribution in [3.63, 3.8) is 0 Å². The van der Waals surface area contributed by atoms with Gasteiger partial charge < -0.3 is 12.9 Å². The van der Waals surface area contributed by atoms with E-state index in [1.54, 1.807) is 0 Å². The molecule has 1 aromatic rings. The maximum absolute atomic E-state index is 12.7. The highest BCUT2D eigenvalue weighted by Gasteiger charge is 2.17. The molecule has 0 nitrogen and oxygen atoms in total. The fraction of sp³-hybridized carbons (Fsp3) is 0.111. The van der Waals surface area contributed by atoms with Gasteiger partial charge in [-0.25, -0.2) is 8.78 Å². The Kier molecular flexibility index (Phi) is 3.17. The third-order valence-corrected chi connectivity index (χ3v) is 1.80. The third-order valence-electron chi connectivity index (χ3n) is 1.80. The highest BCUT2D eigenvalue weighted by Crippen LogP contribution is 2.18. The average Bonchev–Trinajstić information content (AvgIpc) is 2.07. The molecule has 0 fully saturated rings. The lowest BCUT2D eigenvalue weighted by molar-refractivity contribution is 0.499. The average molecular weight is 221 g/mol. The Balaban J connectivity index is 3.06. The van der Waals surface area contributed by atoms with Crippen molar-refractivity contribution >= 4 is 13.1 Å². The zero-order valence-electron chi connectivity index (χ0n) is 7.78. The van der Waals surface area contributed by atoms with Gasteiger partial charge in [-0.2, -0.15) is 0 Å². The van der Waals surface area contributed by atoms with E-state index in [4.69, 9.17) is 0 Å². The quantitative estimate of drug-likeness (QED) is 0.527. The summed E-state index contributed by atoms with van der Waals surface area (Å²) in [6.07, 6.45) is 0.734. The van der Waals surface area contributed by atoms with Crippen molar-refractivity contribution in [3.8, 4) is 0 Å². The molecule has 0 N–H and O–H groups in total. The van der Waals surface area contributed by atoms with E-state index in [2.05, 4.69) is 0 Å². The predicted octanol–water partition coefficient (Wildman–Crippen LogP) is 3.67. The summed E-state index contributed by atoms with van der Waals surface area (Å²) in [4.78, 5) is 0. The highest BCUT2D eigenvalue weighted by molar-refractivity contribution is 6.64. The molecule has 0 aliphatic rings. The van der Waals surface area contributed by atoms with Gasteiger partial charge in [0.25, 0.3) is 0 Å². The molecular formula is C9H7BF5-. The Bertz CT molecular complexity index is 394. The molecule has 0 aliphatic heterocycles. The first kappa shape index (κ1) is 11.7. The predicted molar refractivity (Wildman–Crippen MR) is 49.2 cm³/mol. The van der Waals surface area contributed by atoms with Gasteiger partial charge in [-0.05, 0) is 30.2 Å². The van der Waals surface area contributed by atoms with E-state index in [0.29, 0.717) is 0 Å². The van der Waals surface area contributed by atoms with Crippen LogP contribution in [0.3, 0.4) is 0 Å². The van der Waals surface area contributed by atoms with E-state index < -0.39 is 18.6 Å². The van der Waals surface area contributed by atoms with Crippen LogP contribution in [-0.2, 0) is 0 Å². The molecule has 0 atom stereocenters. The summed E-state index contributed by atoms with van der Waals surface area (Å²) in [6.45, 7) is -3.65. The third kappa shape index (κ3) is 3.38. The van der Waals surface area contributed by atoms with E-state index in [-0.39, 0.29) is 17.1 Å². The van der Waals surface area contributed by atoms with Crippen LogP contribution >= 0.6 is 0 Å². The molecule has 0 aromatic heterocycles. The summed E-state index contributed by atoms with van der Waals surface area (Å²) < 4.78 is 60.9. The first-order chi connectivity index (χ1) is 6.79. The second-order valence-corrected chi connectivity index (χ2v) is 3.11. The standard InChI is InChI=1S/C9H7BF5/c1-6-4-8(11)9(12)5-7(6)2-3-10(13,14)15/h2-5H,1H3/q-1/b3-2+. The van der Waals surface area contributed by atoms with Gasteiger partial charge in [0.1, 0.15) is 0 Å². The molecule has 0 bridgehead atoms. The number of aryl methyl sites for hydroxylation is 1. The molecule has 0 unspecified atom stereocenters. The van der Waals surface area contributed by atoms with E-state index in [9.17, 15) is 21.7 Å². The Morgan fingerprint density at radius 1 is 1.07 bits per heavy atom. The van der Waals surface area contributed by atoms with Crippen molar-refractivity contribution in [1.29, 1.82) is 0 Å². The van der Waals surface area contributed by atoms with E-state index in [1.807, 2.05) is 0 Å². The first-order valence-corrected chi connectivity index (χ1v) is 4.14. The monoisotopic (exact) mass is 221 g/mol. The number of halogens is 5. The van der Waals surface area contributed by atoms with Gasteiger partial charge in [0.15, 0.2) is 11.6 Å². The van der Waals surface area contributed by atoms with Crippen LogP contribution in [0.15, 0.2) is 18.1 Å². The van der Waals surface area contributed by atoms with Gasteiger partial charge in [0.2, 0.25) is 0 Å². The summed E-state index contributed by atoms with van der Waals surface area (Å²) in [7, 11) is 0. The molecule has 82 valence electrons. The largest absolute Gasteiger partial charge is 0.502 e. The SMILES string of the molecule is Cc1cc(F)c(F)cc1/C=C/[B-](F)(F)F. The van der Waals surface area contributed by atoms with Crippen molar-refractivity contribution in [1.82, 2.24) is 0 Å². The van der Waals surface area contributed by atoms with Crippen LogP contribution in [0.25, 0.3) is 6.08 Å². The Hall–Kier alpha value is -1.33. The van der Waals surface area contributed by atoms with Gasteiger partial charge in [-0.3, -0.25) is 0 Å². The van der Waals surface area contributed by atoms with Crippen molar-refractivity contribution in [2.45, 2.75) is 6.92 Å². The van der Waals surface area contributed by atoms with Gasteiger partial charge in [-0.15, -0.1) is 5.98 Å². The molecule has 0 heterocycles. The van der Waals surface area contributed by atoms with Gasteiger partial charge in [0, 0.05) is 0 Å². The zero-order valence-corrected chi connectivity index (χ0v) is 7.78. The Morgan fingerprint density at radius 2 is 1.60 bits per heavy atom. The molecule has 0 saturated heterocycles. The van der Waals surface area contributed by atoms with Crippen LogP contribution < -0.4 is 0 Å². The molecular weight excluding hydrogens is 214 g/mol. The minimum Gasteiger partial charge on any atom is -0.445 e. The van der Waals surface area contributed by atoms with E-state index >= 15 is 0 Å². The van der Waals surface area contributed by atoms with Crippen LogP contribution in [0, 0.1) is 18.6 Å². The Labute approximate surface area is 83.5 Å². The zero-order chi connectivity index (χ0) is 11.6. The Morgan fingerprint density at radius 3 is 2.13 bits per heavy atom. The van der Waals surface area contributed by atoms with Gasteiger partial charge in [-0.1, -0.05) is 6.08 Å². The lowest BCUT2D eigenvalue weighted by atomic mass is 9.90. The number of rotatable bonds is 2. The molecule has 15 heavy (non-hydrogen) atoms. The number of hydrogen-bond donors (Lipinski definition) is 0. The topological polar surface area (TPSA) is 0 Å². The first-order valence-electron chi connectivity index (χ1n) is 4.14. The maximum Gasteiger partial charge on any atom is 0.502 e. The van der Waals surface area contributed by atoms with Gasteiger partial charge >= 0.3 is 6.98 Å². The summed E-state index contributed by atoms with van der Waals surface area (Å²) in [5, 5.41) is 0. The molecule has 6 heteroatoms. The lowest BCUT2D eigenvalue weighted by Gasteiger charge is -2.07. The molecule has 0 amide bonds. The molecule has 0 saturated carbocycles. The summed E-state index contributed by atoms with van der Waals surface area (Å²) in [5.74, 6) is -2.18. The fourth-order valence-electron chi connectivity index (χ4n) is 1.05. The van der Waals surface area contributed by atoms with E-state index in [1.165, 1.54) is 6.92 Å². The van der Waals surface area contributed by atoms with Crippen molar-refractivity contribution < 1.29 is 21.7 Å². The smallest absolute Gasteiger partial charge is 0.445 e. The normalized spacial score (nSPS) is 12.4. The molecule has 0 radical (unpaired) electrons. The number of benzene rings is 1. The summed E-state index contributed by atoms with van der Waals surface area (Å²) >= 11 is 0. The molecule has 0 spiro atoms. The summed E-state index contributed by atoms with van der Waals surface area (Å²) in [6, 6.07) is 1.60. The minimum atomic E-state index is -5.06. The van der Waals surface area contributed by atoms with Crippen LogP contribution in [-0.4, -0.2) is 6.98 Å². The second-order valence-electron chi connectivity index (χ2n) is 3.11.